The van der Waals surface area contributed by atoms with Crippen molar-refractivity contribution in [1.29, 1.82) is 0 Å². The molecule has 142 valence electrons. The topological polar surface area (TPSA) is 46.4 Å². The van der Waals surface area contributed by atoms with Crippen LogP contribution >= 0.6 is 34.5 Å². The van der Waals surface area contributed by atoms with Gasteiger partial charge >= 0.3 is 0 Å². The largest absolute Gasteiger partial charge is 0.326 e. The van der Waals surface area contributed by atoms with Crippen molar-refractivity contribution in [3.8, 4) is 11.3 Å². The summed E-state index contributed by atoms with van der Waals surface area (Å²) in [5.41, 5.74) is 4.59. The minimum atomic E-state index is -0.0391. The number of nitrogens with zero attached hydrogens (tertiary/aromatic N) is 2. The van der Waals surface area contributed by atoms with E-state index >= 15 is 0 Å². The average molecular weight is 430 g/mol. The van der Waals surface area contributed by atoms with E-state index in [1.165, 1.54) is 0 Å². The maximum Gasteiger partial charge on any atom is 0.224 e. The molecular weight excluding hydrogens is 413 g/mol. The van der Waals surface area contributed by atoms with Crippen LogP contribution < -0.4 is 5.32 Å². The van der Waals surface area contributed by atoms with Gasteiger partial charge in [0, 0.05) is 45.0 Å². The monoisotopic (exact) mass is 429 g/mol. The Balaban J connectivity index is 1.47. The Bertz CT molecular complexity index is 1150. The first kappa shape index (κ1) is 19.0. The number of thiazole rings is 1. The Hall–Kier alpha value is -2.34. The van der Waals surface area contributed by atoms with Crippen molar-refractivity contribution in [1.82, 2.24) is 9.38 Å². The number of anilines is 1. The highest BCUT2D eigenvalue weighted by molar-refractivity contribution is 7.15. The van der Waals surface area contributed by atoms with Gasteiger partial charge in [-0.2, -0.15) is 0 Å². The first-order valence-electron chi connectivity index (χ1n) is 8.77. The number of carbonyl (C=O) groups is 1. The summed E-state index contributed by atoms with van der Waals surface area (Å²) < 4.78 is 2.05. The van der Waals surface area contributed by atoms with E-state index in [1.807, 2.05) is 65.4 Å². The van der Waals surface area contributed by atoms with E-state index < -0.39 is 0 Å². The zero-order valence-corrected chi connectivity index (χ0v) is 17.4. The number of amides is 1. The first-order chi connectivity index (χ1) is 13.5. The summed E-state index contributed by atoms with van der Waals surface area (Å²) in [5.74, 6) is -0.0391. The number of hydrogen-bond acceptors (Lipinski definition) is 3. The van der Waals surface area contributed by atoms with Gasteiger partial charge in [-0.05, 0) is 43.2 Å². The van der Waals surface area contributed by atoms with Gasteiger partial charge in [-0.3, -0.25) is 9.20 Å². The standard InChI is InChI=1S/C21H17Cl2N3OS/c1-13-17(23)3-2-4-18(13)24-20(27)10-9-16-12-28-21-25-19(11-26(16)21)14-5-7-15(22)8-6-14/h2-8,11-12H,9-10H2,1H3,(H,24,27). The summed E-state index contributed by atoms with van der Waals surface area (Å²) in [5, 5.41) is 6.33. The lowest BCUT2D eigenvalue weighted by atomic mass is 10.2. The third kappa shape index (κ3) is 3.92. The molecule has 1 N–H and O–H groups in total. The van der Waals surface area contributed by atoms with Crippen molar-refractivity contribution in [3.05, 3.63) is 75.3 Å². The highest BCUT2D eigenvalue weighted by atomic mass is 35.5. The highest BCUT2D eigenvalue weighted by Gasteiger charge is 2.12. The summed E-state index contributed by atoms with van der Waals surface area (Å²) in [6.07, 6.45) is 3.01. The van der Waals surface area contributed by atoms with Gasteiger partial charge in [0.05, 0.1) is 5.69 Å². The smallest absolute Gasteiger partial charge is 0.224 e. The molecule has 7 heteroatoms. The lowest BCUT2D eigenvalue weighted by molar-refractivity contribution is -0.116. The normalized spacial score (nSPS) is 11.1. The van der Waals surface area contributed by atoms with Crippen LogP contribution in [0.1, 0.15) is 17.7 Å². The minimum Gasteiger partial charge on any atom is -0.326 e. The first-order valence-corrected chi connectivity index (χ1v) is 10.4. The van der Waals surface area contributed by atoms with E-state index in [1.54, 1.807) is 11.3 Å². The summed E-state index contributed by atoms with van der Waals surface area (Å²) in [6.45, 7) is 1.89. The predicted molar refractivity (Wildman–Crippen MR) is 117 cm³/mol. The number of fused-ring (bicyclic) bond motifs is 1. The van der Waals surface area contributed by atoms with Crippen molar-refractivity contribution in [2.24, 2.45) is 0 Å². The van der Waals surface area contributed by atoms with Crippen LogP contribution in [0.2, 0.25) is 10.0 Å². The van der Waals surface area contributed by atoms with Crippen molar-refractivity contribution < 1.29 is 4.79 Å². The number of hydrogen-bond donors (Lipinski definition) is 1. The van der Waals surface area contributed by atoms with E-state index in [9.17, 15) is 4.79 Å². The summed E-state index contributed by atoms with van der Waals surface area (Å²) >= 11 is 13.6. The molecule has 0 unspecified atom stereocenters. The minimum absolute atomic E-state index is 0.0391. The van der Waals surface area contributed by atoms with Crippen LogP contribution in [0.15, 0.2) is 54.0 Å². The Kier molecular flexibility index (Phi) is 5.40. The fourth-order valence-electron chi connectivity index (χ4n) is 2.97. The number of aromatic nitrogens is 2. The van der Waals surface area contributed by atoms with Gasteiger partial charge < -0.3 is 5.32 Å². The molecular formula is C21H17Cl2N3OS. The molecule has 2 heterocycles. The van der Waals surface area contributed by atoms with E-state index in [0.717, 1.165) is 33.2 Å². The van der Waals surface area contributed by atoms with E-state index in [2.05, 4.69) is 10.3 Å². The van der Waals surface area contributed by atoms with Crippen LogP contribution in [0.5, 0.6) is 0 Å². The van der Waals surface area contributed by atoms with Crippen LogP contribution in [0, 0.1) is 6.92 Å². The summed E-state index contributed by atoms with van der Waals surface area (Å²) in [4.78, 5) is 18.0. The quantitative estimate of drug-likeness (QED) is 0.407. The molecule has 1 amide bonds. The van der Waals surface area contributed by atoms with Crippen LogP contribution in [-0.2, 0) is 11.2 Å². The van der Waals surface area contributed by atoms with Crippen molar-refractivity contribution in [2.45, 2.75) is 19.8 Å². The zero-order chi connectivity index (χ0) is 19.7. The van der Waals surface area contributed by atoms with Crippen molar-refractivity contribution in [3.63, 3.8) is 0 Å². The number of carbonyl (C=O) groups excluding carboxylic acids is 1. The number of nitrogens with one attached hydrogen (secondary N) is 1. The van der Waals surface area contributed by atoms with Gasteiger partial charge in [-0.15, -0.1) is 11.3 Å². The Labute approximate surface area is 176 Å². The molecule has 0 aliphatic rings. The van der Waals surface area contributed by atoms with Crippen LogP contribution in [0.4, 0.5) is 5.69 Å². The molecule has 0 saturated heterocycles. The molecule has 0 atom stereocenters. The van der Waals surface area contributed by atoms with E-state index in [0.29, 0.717) is 22.9 Å². The lowest BCUT2D eigenvalue weighted by Gasteiger charge is -2.09. The van der Waals surface area contributed by atoms with Gasteiger partial charge in [-0.25, -0.2) is 4.98 Å². The number of halogens is 2. The molecule has 0 fully saturated rings. The van der Waals surface area contributed by atoms with Crippen LogP contribution in [0.3, 0.4) is 0 Å². The lowest BCUT2D eigenvalue weighted by Crippen LogP contribution is -2.13. The molecule has 4 nitrogen and oxygen atoms in total. The summed E-state index contributed by atoms with van der Waals surface area (Å²) in [7, 11) is 0. The Morgan fingerprint density at radius 2 is 1.96 bits per heavy atom. The van der Waals surface area contributed by atoms with Gasteiger partial charge in [0.15, 0.2) is 4.96 Å². The molecule has 0 bridgehead atoms. The fourth-order valence-corrected chi connectivity index (χ4v) is 4.17. The molecule has 4 aromatic rings. The molecule has 0 aliphatic carbocycles. The molecule has 4 rings (SSSR count). The highest BCUT2D eigenvalue weighted by Crippen LogP contribution is 2.26. The maximum atomic E-state index is 12.4. The molecule has 0 aliphatic heterocycles. The number of benzene rings is 2. The van der Waals surface area contributed by atoms with Gasteiger partial charge in [0.25, 0.3) is 0 Å². The number of aryl methyl sites for hydroxylation is 1. The van der Waals surface area contributed by atoms with Gasteiger partial charge in [0.1, 0.15) is 0 Å². The van der Waals surface area contributed by atoms with Crippen LogP contribution in [-0.4, -0.2) is 15.3 Å². The SMILES string of the molecule is Cc1c(Cl)cccc1NC(=O)CCc1csc2nc(-c3ccc(Cl)cc3)cn12. The summed E-state index contributed by atoms with van der Waals surface area (Å²) in [6, 6.07) is 13.1. The van der Waals surface area contributed by atoms with Crippen molar-refractivity contribution >= 4 is 51.1 Å². The van der Waals surface area contributed by atoms with Gasteiger partial charge in [0.2, 0.25) is 5.91 Å². The molecule has 0 radical (unpaired) electrons. The molecule has 2 aromatic heterocycles. The van der Waals surface area contributed by atoms with E-state index in [4.69, 9.17) is 23.2 Å². The molecule has 28 heavy (non-hydrogen) atoms. The van der Waals surface area contributed by atoms with E-state index in [-0.39, 0.29) is 5.91 Å². The third-order valence-corrected chi connectivity index (χ3v) is 6.12. The van der Waals surface area contributed by atoms with Crippen molar-refractivity contribution in [2.75, 3.05) is 5.32 Å². The third-order valence-electron chi connectivity index (χ3n) is 4.57. The molecule has 0 saturated carbocycles. The second-order valence-corrected chi connectivity index (χ2v) is 8.15. The fraction of sp³-hybridized carbons (Fsp3) is 0.143. The Morgan fingerprint density at radius 1 is 1.18 bits per heavy atom. The Morgan fingerprint density at radius 3 is 2.75 bits per heavy atom. The number of imidazole rings is 1. The molecule has 0 spiro atoms. The number of rotatable bonds is 5. The molecule has 2 aromatic carbocycles. The maximum absolute atomic E-state index is 12.4. The second kappa shape index (κ2) is 7.95. The van der Waals surface area contributed by atoms with Crippen LogP contribution in [0.25, 0.3) is 16.2 Å². The second-order valence-electron chi connectivity index (χ2n) is 6.47. The zero-order valence-electron chi connectivity index (χ0n) is 15.1. The predicted octanol–water partition coefficient (Wildman–Crippen LogP) is 6.25. The average Bonchev–Trinajstić information content (AvgIpc) is 3.25. The van der Waals surface area contributed by atoms with Gasteiger partial charge in [-0.1, -0.05) is 41.4 Å².